The Balaban J connectivity index is 0.00000338. The van der Waals surface area contributed by atoms with E-state index in [0.29, 0.717) is 12.6 Å². The second kappa shape index (κ2) is 12.1. The summed E-state index contributed by atoms with van der Waals surface area (Å²) >= 11 is 0. The lowest BCUT2D eigenvalue weighted by Gasteiger charge is -2.34. The highest BCUT2D eigenvalue weighted by atomic mass is 127. The number of amides is 1. The minimum absolute atomic E-state index is 0. The Bertz CT molecular complexity index is 587. The third kappa shape index (κ3) is 7.49. The van der Waals surface area contributed by atoms with Crippen LogP contribution in [-0.4, -0.2) is 49.1 Å². The summed E-state index contributed by atoms with van der Waals surface area (Å²) in [6.45, 7) is 9.78. The molecule has 1 aliphatic rings. The number of likely N-dealkylation sites (tertiary alicyclic amines) is 1. The molecule has 2 rings (SSSR count). The van der Waals surface area contributed by atoms with Gasteiger partial charge < -0.3 is 20.3 Å². The van der Waals surface area contributed by atoms with E-state index in [1.807, 2.05) is 31.2 Å². The number of hydrogen-bond acceptors (Lipinski definition) is 3. The molecule has 1 aromatic rings. The summed E-state index contributed by atoms with van der Waals surface area (Å²) in [7, 11) is 0. The lowest BCUT2D eigenvalue weighted by molar-refractivity contribution is -0.114. The molecule has 1 amide bonds. The van der Waals surface area contributed by atoms with Gasteiger partial charge in [0, 0.05) is 38.9 Å². The highest BCUT2D eigenvalue weighted by Crippen LogP contribution is 2.15. The lowest BCUT2D eigenvalue weighted by atomic mass is 10.1. The molecule has 1 aromatic carbocycles. The van der Waals surface area contributed by atoms with E-state index in [9.17, 15) is 4.79 Å². The first-order valence-electron chi connectivity index (χ1n) is 9.13. The minimum Gasteiger partial charge on any atom is -0.378 e. The van der Waals surface area contributed by atoms with Gasteiger partial charge in [0.2, 0.25) is 5.91 Å². The van der Waals surface area contributed by atoms with Crippen LogP contribution in [0.1, 0.15) is 39.2 Å². The number of nitrogens with zero attached hydrogens (tertiary/aromatic N) is 2. The number of anilines is 1. The molecule has 1 aliphatic heterocycles. The number of aliphatic imine (C=N–C) groups is 1. The fourth-order valence-electron chi connectivity index (χ4n) is 3.01. The highest BCUT2D eigenvalue weighted by molar-refractivity contribution is 14.0. The molecule has 0 spiro atoms. The average Bonchev–Trinajstić information content (AvgIpc) is 2.59. The Morgan fingerprint density at radius 1 is 1.31 bits per heavy atom. The normalized spacial score (nSPS) is 15.3. The molecule has 1 saturated heterocycles. The monoisotopic (exact) mass is 474 g/mol. The van der Waals surface area contributed by atoms with Crippen molar-refractivity contribution in [3.8, 4) is 0 Å². The van der Waals surface area contributed by atoms with Crippen LogP contribution in [0.2, 0.25) is 0 Å². The molecule has 0 aliphatic carbocycles. The van der Waals surface area contributed by atoms with E-state index >= 15 is 0 Å². The van der Waals surface area contributed by atoms with Gasteiger partial charge in [0.1, 0.15) is 0 Å². The summed E-state index contributed by atoms with van der Waals surface area (Å²) in [5, 5.41) is 6.19. The van der Waals surface area contributed by atoms with Crippen molar-refractivity contribution in [3.05, 3.63) is 29.8 Å². The smallest absolute Gasteiger partial charge is 0.221 e. The van der Waals surface area contributed by atoms with Crippen molar-refractivity contribution in [2.24, 2.45) is 4.99 Å². The maximum atomic E-state index is 11.2. The molecular formula is C19H31IN4O2. The molecule has 0 aromatic heterocycles. The van der Waals surface area contributed by atoms with Crippen LogP contribution in [0.5, 0.6) is 0 Å². The van der Waals surface area contributed by atoms with Crippen LogP contribution in [0.4, 0.5) is 5.69 Å². The van der Waals surface area contributed by atoms with Crippen LogP contribution < -0.4 is 10.6 Å². The molecule has 0 unspecified atom stereocenters. The minimum atomic E-state index is -0.0637. The van der Waals surface area contributed by atoms with Crippen LogP contribution >= 0.6 is 24.0 Å². The Morgan fingerprint density at radius 2 is 2.04 bits per heavy atom. The van der Waals surface area contributed by atoms with Gasteiger partial charge in [-0.05, 0) is 44.4 Å². The Labute approximate surface area is 173 Å². The van der Waals surface area contributed by atoms with Gasteiger partial charge in [-0.3, -0.25) is 4.79 Å². The lowest BCUT2D eigenvalue weighted by Crippen LogP contribution is -2.47. The number of rotatable bonds is 6. The third-order valence-corrected chi connectivity index (χ3v) is 4.14. The number of benzene rings is 1. The quantitative estimate of drug-likeness (QED) is 0.378. The number of piperidine rings is 1. The predicted octanol–water partition coefficient (Wildman–Crippen LogP) is 3.23. The largest absolute Gasteiger partial charge is 0.378 e. The molecule has 0 saturated carbocycles. The van der Waals surface area contributed by atoms with E-state index in [2.05, 4.69) is 22.5 Å². The zero-order valence-corrected chi connectivity index (χ0v) is 18.3. The van der Waals surface area contributed by atoms with Gasteiger partial charge in [-0.25, -0.2) is 4.99 Å². The molecule has 1 heterocycles. The first-order valence-corrected chi connectivity index (χ1v) is 9.13. The Morgan fingerprint density at radius 3 is 2.65 bits per heavy atom. The Hall–Kier alpha value is -1.35. The second-order valence-corrected chi connectivity index (χ2v) is 6.19. The van der Waals surface area contributed by atoms with Crippen LogP contribution in [-0.2, 0) is 16.1 Å². The van der Waals surface area contributed by atoms with Gasteiger partial charge in [0.25, 0.3) is 0 Å². The van der Waals surface area contributed by atoms with Crippen molar-refractivity contribution in [3.63, 3.8) is 0 Å². The van der Waals surface area contributed by atoms with E-state index in [1.54, 1.807) is 0 Å². The van der Waals surface area contributed by atoms with Crippen molar-refractivity contribution in [1.29, 1.82) is 0 Å². The van der Waals surface area contributed by atoms with E-state index in [1.165, 1.54) is 6.92 Å². The van der Waals surface area contributed by atoms with Crippen molar-refractivity contribution < 1.29 is 9.53 Å². The average molecular weight is 474 g/mol. The molecule has 6 nitrogen and oxygen atoms in total. The Kier molecular flexibility index (Phi) is 10.6. The number of hydrogen-bond donors (Lipinski definition) is 2. The molecule has 0 bridgehead atoms. The van der Waals surface area contributed by atoms with Gasteiger partial charge in [-0.15, -0.1) is 24.0 Å². The molecular weight excluding hydrogens is 443 g/mol. The summed E-state index contributed by atoms with van der Waals surface area (Å²) in [5.74, 6) is 0.883. The number of carbonyl (C=O) groups is 1. The predicted molar refractivity (Wildman–Crippen MR) is 117 cm³/mol. The highest BCUT2D eigenvalue weighted by Gasteiger charge is 2.21. The second-order valence-electron chi connectivity index (χ2n) is 6.19. The standard InChI is InChI=1S/C19H30N4O2.HI/c1-4-20-19(23-11-9-18(10-12-23)25-5-2)21-14-16-7-6-8-17(13-16)22-15(3)24;/h6-8,13,18H,4-5,9-12,14H2,1-3H3,(H,20,21)(H,22,24);1H. The SMILES string of the molecule is CCNC(=NCc1cccc(NC(C)=O)c1)N1CCC(OCC)CC1.I. The molecule has 1 fully saturated rings. The zero-order chi connectivity index (χ0) is 18.1. The van der Waals surface area contributed by atoms with Gasteiger partial charge in [-0.2, -0.15) is 0 Å². The number of halogens is 1. The maximum Gasteiger partial charge on any atom is 0.221 e. The van der Waals surface area contributed by atoms with Crippen molar-refractivity contribution >= 4 is 41.5 Å². The topological polar surface area (TPSA) is 66.0 Å². The van der Waals surface area contributed by atoms with Gasteiger partial charge in [-0.1, -0.05) is 12.1 Å². The summed E-state index contributed by atoms with van der Waals surface area (Å²) in [6.07, 6.45) is 2.45. The number of nitrogens with one attached hydrogen (secondary N) is 2. The maximum absolute atomic E-state index is 11.2. The third-order valence-electron chi connectivity index (χ3n) is 4.14. The first kappa shape index (κ1) is 22.7. The number of guanidine groups is 1. The van der Waals surface area contributed by atoms with Crippen molar-refractivity contribution in [2.75, 3.05) is 31.6 Å². The molecule has 7 heteroatoms. The van der Waals surface area contributed by atoms with Crippen molar-refractivity contribution in [2.45, 2.75) is 46.3 Å². The molecule has 146 valence electrons. The van der Waals surface area contributed by atoms with E-state index < -0.39 is 0 Å². The van der Waals surface area contributed by atoms with E-state index in [0.717, 1.165) is 56.3 Å². The van der Waals surface area contributed by atoms with Crippen molar-refractivity contribution in [1.82, 2.24) is 10.2 Å². The summed E-state index contributed by atoms with van der Waals surface area (Å²) < 4.78 is 5.72. The van der Waals surface area contributed by atoms with Crippen LogP contribution in [0.25, 0.3) is 0 Å². The molecule has 2 N–H and O–H groups in total. The van der Waals surface area contributed by atoms with Crippen LogP contribution in [0.3, 0.4) is 0 Å². The summed E-state index contributed by atoms with van der Waals surface area (Å²) in [6, 6.07) is 7.82. The number of carbonyl (C=O) groups excluding carboxylic acids is 1. The first-order chi connectivity index (χ1) is 12.1. The van der Waals surface area contributed by atoms with Crippen LogP contribution in [0.15, 0.2) is 29.3 Å². The zero-order valence-electron chi connectivity index (χ0n) is 16.0. The van der Waals surface area contributed by atoms with E-state index in [4.69, 9.17) is 9.73 Å². The molecule has 0 atom stereocenters. The summed E-state index contributed by atoms with van der Waals surface area (Å²) in [4.78, 5) is 18.3. The summed E-state index contributed by atoms with van der Waals surface area (Å²) in [5.41, 5.74) is 1.88. The fraction of sp³-hybridized carbons (Fsp3) is 0.579. The van der Waals surface area contributed by atoms with Gasteiger partial charge in [0.15, 0.2) is 5.96 Å². The van der Waals surface area contributed by atoms with Gasteiger partial charge >= 0.3 is 0 Å². The molecule has 26 heavy (non-hydrogen) atoms. The number of ether oxygens (including phenoxy) is 1. The van der Waals surface area contributed by atoms with Gasteiger partial charge in [0.05, 0.1) is 12.6 Å². The van der Waals surface area contributed by atoms with Crippen LogP contribution in [0, 0.1) is 0 Å². The van der Waals surface area contributed by atoms with E-state index in [-0.39, 0.29) is 29.9 Å². The molecule has 0 radical (unpaired) electrons. The fourth-order valence-corrected chi connectivity index (χ4v) is 3.01.